The standard InChI is InChI=1S/C23H20F3NO4/c24-23(25,26)22-10-21(11-22,12-22)18(19(28)29)27-20(30)31-9-17-15-7-3-1-5-13(15)14-6-2-4-8-16(14)17/h1-8,17-18H,9-12H2,(H,27,30)(H,28,29)/t18-,21?,22?/m0/s1. The molecule has 3 fully saturated rings. The Labute approximate surface area is 176 Å². The molecule has 5 nitrogen and oxygen atoms in total. The highest BCUT2D eigenvalue weighted by atomic mass is 19.4. The summed E-state index contributed by atoms with van der Waals surface area (Å²) in [7, 11) is 0. The average Bonchev–Trinajstić information content (AvgIpc) is 2.96. The molecule has 0 spiro atoms. The van der Waals surface area contributed by atoms with Crippen LogP contribution in [-0.4, -0.2) is 36.0 Å². The molecule has 2 N–H and O–H groups in total. The van der Waals surface area contributed by atoms with Crippen molar-refractivity contribution in [2.75, 3.05) is 6.61 Å². The number of alkyl carbamates (subject to hydrolysis) is 1. The first-order chi connectivity index (χ1) is 14.7. The lowest BCUT2D eigenvalue weighted by Crippen LogP contribution is -2.75. The Kier molecular flexibility index (Phi) is 4.16. The van der Waals surface area contributed by atoms with Gasteiger partial charge in [0.25, 0.3) is 0 Å². The first kappa shape index (κ1) is 19.9. The van der Waals surface area contributed by atoms with Crippen molar-refractivity contribution in [1.82, 2.24) is 5.32 Å². The van der Waals surface area contributed by atoms with Crippen LogP contribution in [0.5, 0.6) is 0 Å². The summed E-state index contributed by atoms with van der Waals surface area (Å²) in [4.78, 5) is 24.1. The van der Waals surface area contributed by atoms with E-state index in [2.05, 4.69) is 5.32 Å². The minimum Gasteiger partial charge on any atom is -0.480 e. The van der Waals surface area contributed by atoms with Crippen LogP contribution in [0.15, 0.2) is 48.5 Å². The predicted octanol–water partition coefficient (Wildman–Crippen LogP) is 4.71. The number of carbonyl (C=O) groups is 2. The summed E-state index contributed by atoms with van der Waals surface area (Å²) in [5, 5.41) is 11.8. The van der Waals surface area contributed by atoms with Gasteiger partial charge in [-0.15, -0.1) is 0 Å². The molecule has 8 heteroatoms. The monoisotopic (exact) mass is 431 g/mol. The van der Waals surface area contributed by atoms with E-state index in [4.69, 9.17) is 4.74 Å². The number of fused-ring (bicyclic) bond motifs is 3. The average molecular weight is 431 g/mol. The third-order valence-electron chi connectivity index (χ3n) is 7.14. The molecule has 3 saturated carbocycles. The minimum atomic E-state index is -4.35. The zero-order valence-corrected chi connectivity index (χ0v) is 16.4. The number of ether oxygens (including phenoxy) is 1. The molecule has 2 aromatic rings. The maximum Gasteiger partial charge on any atom is 0.407 e. The molecular formula is C23H20F3NO4. The van der Waals surface area contributed by atoms with E-state index in [9.17, 15) is 27.9 Å². The Balaban J connectivity index is 1.26. The molecule has 4 aliphatic rings. The molecule has 31 heavy (non-hydrogen) atoms. The van der Waals surface area contributed by atoms with Gasteiger partial charge in [0.2, 0.25) is 0 Å². The highest BCUT2D eigenvalue weighted by Crippen LogP contribution is 2.79. The molecule has 0 aliphatic heterocycles. The van der Waals surface area contributed by atoms with E-state index in [0.29, 0.717) is 0 Å². The van der Waals surface area contributed by atoms with E-state index in [-0.39, 0.29) is 31.8 Å². The number of nitrogens with one attached hydrogen (secondary N) is 1. The molecule has 0 heterocycles. The predicted molar refractivity (Wildman–Crippen MR) is 104 cm³/mol. The van der Waals surface area contributed by atoms with E-state index in [1.807, 2.05) is 48.5 Å². The van der Waals surface area contributed by atoms with Crippen molar-refractivity contribution in [2.24, 2.45) is 10.8 Å². The van der Waals surface area contributed by atoms with E-state index in [1.54, 1.807) is 0 Å². The summed E-state index contributed by atoms with van der Waals surface area (Å²) in [6, 6.07) is 14.2. The molecule has 2 bridgehead atoms. The van der Waals surface area contributed by atoms with Gasteiger partial charge in [-0.3, -0.25) is 0 Å². The number of aliphatic carboxylic acids is 1. The van der Waals surface area contributed by atoms with Crippen LogP contribution in [-0.2, 0) is 9.53 Å². The van der Waals surface area contributed by atoms with Crippen LogP contribution in [0.1, 0.15) is 36.3 Å². The van der Waals surface area contributed by atoms with E-state index >= 15 is 0 Å². The molecule has 1 amide bonds. The number of hydrogen-bond donors (Lipinski definition) is 2. The first-order valence-electron chi connectivity index (χ1n) is 10.1. The van der Waals surface area contributed by atoms with Crippen molar-refractivity contribution in [1.29, 1.82) is 0 Å². The quantitative estimate of drug-likeness (QED) is 0.719. The minimum absolute atomic E-state index is 0.00564. The Morgan fingerprint density at radius 3 is 2.03 bits per heavy atom. The van der Waals surface area contributed by atoms with Crippen LogP contribution in [0.3, 0.4) is 0 Å². The number of carbonyl (C=O) groups excluding carboxylic acids is 1. The van der Waals surface area contributed by atoms with Crippen LogP contribution >= 0.6 is 0 Å². The highest BCUT2D eigenvalue weighted by Gasteiger charge is 2.81. The van der Waals surface area contributed by atoms with Crippen LogP contribution in [0.25, 0.3) is 11.1 Å². The highest BCUT2D eigenvalue weighted by molar-refractivity contribution is 5.82. The molecule has 2 aromatic carbocycles. The Hall–Kier alpha value is -3.03. The first-order valence-corrected chi connectivity index (χ1v) is 10.1. The Morgan fingerprint density at radius 2 is 1.55 bits per heavy atom. The maximum atomic E-state index is 13.1. The number of carboxylic acid groups (broad SMARTS) is 1. The zero-order valence-electron chi connectivity index (χ0n) is 16.4. The number of amides is 1. The topological polar surface area (TPSA) is 75.6 Å². The summed E-state index contributed by atoms with van der Waals surface area (Å²) in [5.41, 5.74) is 1.30. The van der Waals surface area contributed by atoms with Gasteiger partial charge in [-0.1, -0.05) is 48.5 Å². The fourth-order valence-electron chi connectivity index (χ4n) is 5.71. The number of rotatable bonds is 5. The Morgan fingerprint density at radius 1 is 1.03 bits per heavy atom. The van der Waals surface area contributed by atoms with E-state index in [0.717, 1.165) is 22.3 Å². The van der Waals surface area contributed by atoms with Gasteiger partial charge < -0.3 is 15.2 Å². The SMILES string of the molecule is O=C(N[C@@H](C(=O)O)C12CC(C(F)(F)F)(C1)C2)OCC1c2ccccc2-c2ccccc21. The van der Waals surface area contributed by atoms with Crippen LogP contribution < -0.4 is 5.32 Å². The third-order valence-corrected chi connectivity index (χ3v) is 7.14. The molecular weight excluding hydrogens is 411 g/mol. The number of halogens is 3. The fourth-order valence-corrected chi connectivity index (χ4v) is 5.71. The lowest BCUT2D eigenvalue weighted by molar-refractivity contribution is -0.367. The largest absolute Gasteiger partial charge is 0.480 e. The second kappa shape index (κ2) is 6.48. The van der Waals surface area contributed by atoms with Gasteiger partial charge in [-0.25, -0.2) is 9.59 Å². The second-order valence-electron chi connectivity index (χ2n) is 8.91. The molecule has 0 radical (unpaired) electrons. The van der Waals surface area contributed by atoms with Crippen LogP contribution in [0, 0.1) is 10.8 Å². The van der Waals surface area contributed by atoms with Gasteiger partial charge in [0.1, 0.15) is 12.6 Å². The summed E-state index contributed by atoms with van der Waals surface area (Å²) in [5.74, 6) is -1.53. The number of carboxylic acids is 1. The summed E-state index contributed by atoms with van der Waals surface area (Å²) >= 11 is 0. The van der Waals surface area contributed by atoms with Crippen LogP contribution in [0.4, 0.5) is 18.0 Å². The van der Waals surface area contributed by atoms with Crippen molar-refractivity contribution in [3.8, 4) is 11.1 Å². The smallest absolute Gasteiger partial charge is 0.407 e. The van der Waals surface area contributed by atoms with Crippen molar-refractivity contribution in [3.05, 3.63) is 59.7 Å². The van der Waals surface area contributed by atoms with Crippen molar-refractivity contribution < 1.29 is 32.6 Å². The van der Waals surface area contributed by atoms with Gasteiger partial charge >= 0.3 is 18.2 Å². The molecule has 0 aromatic heterocycles. The van der Waals surface area contributed by atoms with Crippen LogP contribution in [0.2, 0.25) is 0 Å². The molecule has 6 rings (SSSR count). The zero-order chi connectivity index (χ0) is 22.0. The van der Waals surface area contributed by atoms with Crippen molar-refractivity contribution in [2.45, 2.75) is 37.4 Å². The fraction of sp³-hybridized carbons (Fsp3) is 0.391. The molecule has 0 saturated heterocycles. The van der Waals surface area contributed by atoms with Gasteiger partial charge in [0.05, 0.1) is 5.41 Å². The third kappa shape index (κ3) is 2.84. The van der Waals surface area contributed by atoms with Crippen molar-refractivity contribution >= 4 is 12.1 Å². The molecule has 162 valence electrons. The van der Waals surface area contributed by atoms with Gasteiger partial charge in [-0.2, -0.15) is 13.2 Å². The molecule has 1 atom stereocenters. The van der Waals surface area contributed by atoms with E-state index < -0.39 is 35.1 Å². The second-order valence-corrected chi connectivity index (χ2v) is 8.91. The maximum absolute atomic E-state index is 13.1. The lowest BCUT2D eigenvalue weighted by atomic mass is 9.33. The Bertz CT molecular complexity index is 1020. The number of hydrogen-bond acceptors (Lipinski definition) is 3. The van der Waals surface area contributed by atoms with Crippen molar-refractivity contribution in [3.63, 3.8) is 0 Å². The lowest BCUT2D eigenvalue weighted by Gasteiger charge is -2.71. The van der Waals surface area contributed by atoms with E-state index in [1.165, 1.54) is 0 Å². The molecule has 0 unspecified atom stereocenters. The number of alkyl halides is 3. The molecule has 4 aliphatic carbocycles. The summed E-state index contributed by atoms with van der Waals surface area (Å²) < 4.78 is 44.6. The summed E-state index contributed by atoms with van der Waals surface area (Å²) in [6.45, 7) is 0.00564. The summed E-state index contributed by atoms with van der Waals surface area (Å²) in [6.07, 6.45) is -6.10. The normalized spacial score (nSPS) is 26.7. The van der Waals surface area contributed by atoms with Gasteiger partial charge in [0, 0.05) is 11.3 Å². The number of benzene rings is 2. The van der Waals surface area contributed by atoms with Gasteiger partial charge in [-0.05, 0) is 41.5 Å². The van der Waals surface area contributed by atoms with Gasteiger partial charge in [0.15, 0.2) is 0 Å².